The first-order valence-electron chi connectivity index (χ1n) is 6.45. The molecule has 1 aliphatic carbocycles. The van der Waals surface area contributed by atoms with Crippen molar-refractivity contribution in [3.63, 3.8) is 0 Å². The van der Waals surface area contributed by atoms with Gasteiger partial charge in [0.15, 0.2) is 6.29 Å². The van der Waals surface area contributed by atoms with Crippen molar-refractivity contribution in [3.8, 4) is 0 Å². The van der Waals surface area contributed by atoms with Crippen LogP contribution in [0.25, 0.3) is 0 Å². The zero-order chi connectivity index (χ0) is 14.0. The average Bonchev–Trinajstić information content (AvgIpc) is 2.36. The Morgan fingerprint density at radius 1 is 1.37 bits per heavy atom. The van der Waals surface area contributed by atoms with Gasteiger partial charge in [-0.15, -0.1) is 0 Å². The molecule has 0 amide bonds. The Morgan fingerprint density at radius 2 is 2.11 bits per heavy atom. The van der Waals surface area contributed by atoms with Crippen molar-refractivity contribution in [2.75, 3.05) is 13.1 Å². The van der Waals surface area contributed by atoms with Gasteiger partial charge in [0.1, 0.15) is 18.6 Å². The summed E-state index contributed by atoms with van der Waals surface area (Å²) in [5.74, 6) is 0. The molecule has 2 aliphatic rings. The third kappa shape index (κ3) is 3.39. The molecule has 1 heterocycles. The van der Waals surface area contributed by atoms with Gasteiger partial charge < -0.3 is 15.3 Å². The Labute approximate surface area is 110 Å². The maximum Gasteiger partial charge on any atom is 0.178 e. The second kappa shape index (κ2) is 6.09. The number of rotatable bonds is 3. The summed E-state index contributed by atoms with van der Waals surface area (Å²) in [4.78, 5) is 1.63. The van der Waals surface area contributed by atoms with E-state index in [4.69, 9.17) is 10.2 Å². The van der Waals surface area contributed by atoms with Crippen LogP contribution in [0.1, 0.15) is 19.3 Å². The number of aliphatic hydroxyl groups excluding tert-OH is 2. The molecular weight excluding hydrogens is 256 g/mol. The predicted octanol–water partition coefficient (Wildman–Crippen LogP) is 0.644. The molecule has 0 spiro atoms. The molecule has 3 atom stereocenters. The Balaban J connectivity index is 2.00. The second-order valence-electron chi connectivity index (χ2n) is 5.03. The van der Waals surface area contributed by atoms with E-state index in [1.165, 1.54) is 6.08 Å². The molecule has 3 N–H and O–H groups in total. The smallest absolute Gasteiger partial charge is 0.178 e. The van der Waals surface area contributed by atoms with Crippen LogP contribution in [0.2, 0.25) is 0 Å². The number of hydrogen-bond acceptors (Lipinski definition) is 4. The first-order valence-corrected chi connectivity index (χ1v) is 6.45. The third-order valence-corrected chi connectivity index (χ3v) is 3.63. The van der Waals surface area contributed by atoms with E-state index in [1.54, 1.807) is 11.0 Å². The zero-order valence-electron chi connectivity index (χ0n) is 10.5. The molecule has 2 rings (SSSR count). The van der Waals surface area contributed by atoms with Crippen LogP contribution in [-0.2, 0) is 0 Å². The van der Waals surface area contributed by atoms with Gasteiger partial charge >= 0.3 is 0 Å². The largest absolute Gasteiger partial charge is 0.374 e. The van der Waals surface area contributed by atoms with Crippen LogP contribution in [0.3, 0.4) is 0 Å². The molecule has 0 radical (unpaired) electrons. The van der Waals surface area contributed by atoms with Gasteiger partial charge in [-0.1, -0.05) is 11.6 Å². The number of allylic oxidation sites excluding steroid dienone is 1. The summed E-state index contributed by atoms with van der Waals surface area (Å²) in [6.07, 6.45) is -1.73. The Hall–Kier alpha value is -0.820. The first-order chi connectivity index (χ1) is 8.99. The summed E-state index contributed by atoms with van der Waals surface area (Å²) in [6, 6.07) is 0. The monoisotopic (exact) mass is 275 g/mol. The maximum atomic E-state index is 13.3. The van der Waals surface area contributed by atoms with E-state index >= 15 is 0 Å². The second-order valence-corrected chi connectivity index (χ2v) is 5.03. The van der Waals surface area contributed by atoms with Crippen LogP contribution >= 0.6 is 0 Å². The minimum Gasteiger partial charge on any atom is -0.374 e. The number of nitrogens with zero attached hydrogens (tertiary/aromatic N) is 1. The topological polar surface area (TPSA) is 63.9 Å². The van der Waals surface area contributed by atoms with Crippen molar-refractivity contribution in [3.05, 3.63) is 23.3 Å². The van der Waals surface area contributed by atoms with Gasteiger partial charge in [0.25, 0.3) is 0 Å². The minimum atomic E-state index is -1.69. The Kier molecular flexibility index (Phi) is 4.67. The summed E-state index contributed by atoms with van der Waals surface area (Å²) in [5, 5.41) is 28.2. The number of hydrogen-bond donors (Lipinski definition) is 3. The van der Waals surface area contributed by atoms with E-state index < -0.39 is 24.9 Å². The molecule has 1 aliphatic heterocycles. The van der Waals surface area contributed by atoms with Crippen molar-refractivity contribution in [2.24, 2.45) is 0 Å². The third-order valence-electron chi connectivity index (χ3n) is 3.63. The summed E-state index contributed by atoms with van der Waals surface area (Å²) in [6.45, 7) is 0.864. The van der Waals surface area contributed by atoms with Gasteiger partial charge in [-0.3, -0.25) is 4.90 Å². The van der Waals surface area contributed by atoms with Crippen molar-refractivity contribution >= 4 is 0 Å². The summed E-state index contributed by atoms with van der Waals surface area (Å²) < 4.78 is 26.3. The standard InChI is InChI=1S/C13H19F2NO3/c14-10-4-3-8(6-11(10)15)7-16-5-1-2-9(12(16)17)13(18)19/h2,6,10-13,17-19H,1,3-5,7H2/t10-,11?,12?/m1/s1. The van der Waals surface area contributed by atoms with E-state index in [1.807, 2.05) is 0 Å². The van der Waals surface area contributed by atoms with Crippen molar-refractivity contribution in [2.45, 2.75) is 44.1 Å². The average molecular weight is 275 g/mol. The highest BCUT2D eigenvalue weighted by atomic mass is 19.2. The molecule has 19 heavy (non-hydrogen) atoms. The lowest BCUT2D eigenvalue weighted by atomic mass is 9.95. The number of alkyl halides is 2. The molecule has 0 saturated carbocycles. The van der Waals surface area contributed by atoms with Crippen LogP contribution in [0.5, 0.6) is 0 Å². The fraction of sp³-hybridized carbons (Fsp3) is 0.692. The van der Waals surface area contributed by atoms with E-state index in [0.717, 1.165) is 5.57 Å². The lowest BCUT2D eigenvalue weighted by Crippen LogP contribution is -2.44. The fourth-order valence-electron chi connectivity index (χ4n) is 2.53. The molecular formula is C13H19F2NO3. The summed E-state index contributed by atoms with van der Waals surface area (Å²) in [7, 11) is 0. The molecule has 0 saturated heterocycles. The van der Waals surface area contributed by atoms with E-state index in [0.29, 0.717) is 25.9 Å². The van der Waals surface area contributed by atoms with Crippen LogP contribution in [0.4, 0.5) is 8.78 Å². The fourth-order valence-corrected chi connectivity index (χ4v) is 2.53. The Bertz CT molecular complexity index is 384. The molecule has 6 heteroatoms. The van der Waals surface area contributed by atoms with Gasteiger partial charge in [0.05, 0.1) is 0 Å². The van der Waals surface area contributed by atoms with E-state index in [-0.39, 0.29) is 12.0 Å². The molecule has 0 aromatic heterocycles. The van der Waals surface area contributed by atoms with Gasteiger partial charge in [0, 0.05) is 18.7 Å². The lowest BCUT2D eigenvalue weighted by Gasteiger charge is -2.35. The molecule has 0 aromatic carbocycles. The highest BCUT2D eigenvalue weighted by molar-refractivity contribution is 5.18. The molecule has 2 unspecified atom stereocenters. The number of aliphatic hydroxyl groups is 3. The summed E-state index contributed by atoms with van der Waals surface area (Å²) in [5.41, 5.74) is 0.886. The van der Waals surface area contributed by atoms with Crippen molar-refractivity contribution in [1.82, 2.24) is 4.90 Å². The minimum absolute atomic E-state index is 0.142. The van der Waals surface area contributed by atoms with Gasteiger partial charge in [-0.05, 0) is 25.3 Å². The molecule has 0 aromatic rings. The van der Waals surface area contributed by atoms with Crippen LogP contribution in [-0.4, -0.2) is 58.2 Å². The lowest BCUT2D eigenvalue weighted by molar-refractivity contribution is -0.0564. The normalized spacial score (nSPS) is 33.3. The molecule has 108 valence electrons. The van der Waals surface area contributed by atoms with Crippen molar-refractivity contribution < 1.29 is 24.1 Å². The maximum absolute atomic E-state index is 13.3. The molecule has 0 fully saturated rings. The van der Waals surface area contributed by atoms with E-state index in [9.17, 15) is 13.9 Å². The predicted molar refractivity (Wildman–Crippen MR) is 65.6 cm³/mol. The highest BCUT2D eigenvalue weighted by Gasteiger charge is 2.29. The molecule has 4 nitrogen and oxygen atoms in total. The SMILES string of the molecule is OC(O)C1=CCCN(CC2=CC(F)[C@H](F)CC2)C1O. The Morgan fingerprint density at radius 3 is 2.74 bits per heavy atom. The van der Waals surface area contributed by atoms with Crippen LogP contribution < -0.4 is 0 Å². The first kappa shape index (κ1) is 14.6. The van der Waals surface area contributed by atoms with Gasteiger partial charge in [0.2, 0.25) is 0 Å². The highest BCUT2D eigenvalue weighted by Crippen LogP contribution is 2.26. The van der Waals surface area contributed by atoms with Gasteiger partial charge in [-0.25, -0.2) is 8.78 Å². The van der Waals surface area contributed by atoms with Crippen LogP contribution in [0, 0.1) is 0 Å². The van der Waals surface area contributed by atoms with E-state index in [2.05, 4.69) is 0 Å². The van der Waals surface area contributed by atoms with Crippen molar-refractivity contribution in [1.29, 1.82) is 0 Å². The van der Waals surface area contributed by atoms with Gasteiger partial charge in [-0.2, -0.15) is 0 Å². The molecule has 0 bridgehead atoms. The van der Waals surface area contributed by atoms with Crippen LogP contribution in [0.15, 0.2) is 23.3 Å². The number of halogens is 2. The quantitative estimate of drug-likeness (QED) is 0.522. The summed E-state index contributed by atoms with van der Waals surface area (Å²) >= 11 is 0. The zero-order valence-corrected chi connectivity index (χ0v) is 10.5.